The molecule has 156 valence electrons. The number of carbonyl (C=O) groups excluding carboxylic acids is 1. The highest BCUT2D eigenvalue weighted by molar-refractivity contribution is 7.89. The van der Waals surface area contributed by atoms with Crippen LogP contribution < -0.4 is 4.90 Å². The Morgan fingerprint density at radius 3 is 2.31 bits per heavy atom. The van der Waals surface area contributed by atoms with E-state index in [9.17, 15) is 13.2 Å². The van der Waals surface area contributed by atoms with Gasteiger partial charge in [-0.05, 0) is 42.7 Å². The van der Waals surface area contributed by atoms with Gasteiger partial charge in [-0.25, -0.2) is 8.42 Å². The highest BCUT2D eigenvalue weighted by atomic mass is 32.2. The maximum absolute atomic E-state index is 12.8. The smallest absolute Gasteiger partial charge is 0.244 e. The molecule has 1 saturated heterocycles. The molecular formula is C21H28N4O3S. The number of pyridine rings is 1. The van der Waals surface area contributed by atoms with Crippen molar-refractivity contribution in [2.24, 2.45) is 5.92 Å². The normalized spacial score (nSPS) is 15.8. The lowest BCUT2D eigenvalue weighted by Gasteiger charge is -2.32. The van der Waals surface area contributed by atoms with E-state index in [-0.39, 0.29) is 16.7 Å². The zero-order valence-corrected chi connectivity index (χ0v) is 18.0. The number of hydrogen-bond acceptors (Lipinski definition) is 5. The highest BCUT2D eigenvalue weighted by Gasteiger charge is 2.33. The molecule has 29 heavy (non-hydrogen) atoms. The summed E-state index contributed by atoms with van der Waals surface area (Å²) in [5.41, 5.74) is 2.19. The number of aromatic nitrogens is 1. The van der Waals surface area contributed by atoms with Crippen molar-refractivity contribution in [3.63, 3.8) is 0 Å². The molecule has 1 aromatic carbocycles. The minimum atomic E-state index is -3.55. The van der Waals surface area contributed by atoms with Gasteiger partial charge in [0.15, 0.2) is 0 Å². The van der Waals surface area contributed by atoms with Gasteiger partial charge in [0.25, 0.3) is 0 Å². The van der Waals surface area contributed by atoms with Crippen LogP contribution >= 0.6 is 0 Å². The van der Waals surface area contributed by atoms with Gasteiger partial charge in [0.2, 0.25) is 15.9 Å². The van der Waals surface area contributed by atoms with Crippen LogP contribution in [-0.4, -0.2) is 62.7 Å². The lowest BCUT2D eigenvalue weighted by molar-refractivity contribution is -0.135. The number of amides is 1. The van der Waals surface area contributed by atoms with Crippen LogP contribution in [-0.2, 0) is 21.4 Å². The molecule has 0 bridgehead atoms. The number of piperidine rings is 1. The molecule has 0 unspecified atom stereocenters. The van der Waals surface area contributed by atoms with E-state index in [0.29, 0.717) is 32.5 Å². The average Bonchev–Trinajstić information content (AvgIpc) is 2.74. The topological polar surface area (TPSA) is 73.8 Å². The number of anilines is 1. The summed E-state index contributed by atoms with van der Waals surface area (Å²) in [6.45, 7) is 1.23. The summed E-state index contributed by atoms with van der Waals surface area (Å²) in [6, 6.07) is 11.3. The van der Waals surface area contributed by atoms with Crippen molar-refractivity contribution in [2.45, 2.75) is 24.3 Å². The largest absolute Gasteiger partial charge is 0.378 e. The number of sulfonamides is 1. The summed E-state index contributed by atoms with van der Waals surface area (Å²) in [7, 11) is 2.24. The van der Waals surface area contributed by atoms with Crippen LogP contribution in [0, 0.1) is 5.92 Å². The van der Waals surface area contributed by atoms with Crippen molar-refractivity contribution in [1.29, 1.82) is 0 Å². The van der Waals surface area contributed by atoms with E-state index in [4.69, 9.17) is 0 Å². The molecule has 8 heteroatoms. The quantitative estimate of drug-likeness (QED) is 0.722. The van der Waals surface area contributed by atoms with E-state index >= 15 is 0 Å². The summed E-state index contributed by atoms with van der Waals surface area (Å²) in [4.78, 5) is 20.7. The van der Waals surface area contributed by atoms with E-state index in [1.54, 1.807) is 30.3 Å². The Labute approximate surface area is 173 Å². The van der Waals surface area contributed by atoms with Gasteiger partial charge in [-0.15, -0.1) is 0 Å². The fraction of sp³-hybridized carbons (Fsp3) is 0.429. The highest BCUT2D eigenvalue weighted by Crippen LogP contribution is 2.25. The molecule has 3 rings (SSSR count). The zero-order chi connectivity index (χ0) is 21.0. The number of benzene rings is 1. The van der Waals surface area contributed by atoms with Gasteiger partial charge in [0.05, 0.1) is 0 Å². The predicted molar refractivity (Wildman–Crippen MR) is 113 cm³/mol. The standard InChI is InChI=1S/C21H28N4O3S/c1-23(2)19-8-6-17(7-9-19)16-24(3)21(26)18-10-13-25(14-11-18)29(27,28)20-5-4-12-22-15-20/h4-9,12,15,18H,10-11,13-14,16H2,1-3H3. The van der Waals surface area contributed by atoms with E-state index < -0.39 is 10.0 Å². The van der Waals surface area contributed by atoms with E-state index in [1.807, 2.05) is 43.3 Å². The van der Waals surface area contributed by atoms with Crippen LogP contribution in [0.5, 0.6) is 0 Å². The first-order chi connectivity index (χ1) is 13.8. The van der Waals surface area contributed by atoms with Crippen molar-refractivity contribution >= 4 is 21.6 Å². The summed E-state index contributed by atoms with van der Waals surface area (Å²) in [5.74, 6) is -0.0819. The first-order valence-corrected chi connectivity index (χ1v) is 11.1. The summed E-state index contributed by atoms with van der Waals surface area (Å²) >= 11 is 0. The Morgan fingerprint density at radius 1 is 1.10 bits per heavy atom. The maximum atomic E-state index is 12.8. The number of nitrogens with zero attached hydrogens (tertiary/aromatic N) is 4. The van der Waals surface area contributed by atoms with Crippen LogP contribution in [0.3, 0.4) is 0 Å². The SMILES string of the molecule is CN(Cc1ccc(N(C)C)cc1)C(=O)C1CCN(S(=O)(=O)c2cccnc2)CC1. The molecule has 7 nitrogen and oxygen atoms in total. The molecule has 0 atom stereocenters. The van der Waals surface area contributed by atoms with Gasteiger partial charge in [-0.3, -0.25) is 9.78 Å². The summed E-state index contributed by atoms with van der Waals surface area (Å²) in [6.07, 6.45) is 3.97. The maximum Gasteiger partial charge on any atom is 0.244 e. The lowest BCUT2D eigenvalue weighted by atomic mass is 9.96. The zero-order valence-electron chi connectivity index (χ0n) is 17.2. The Hall–Kier alpha value is -2.45. The second kappa shape index (κ2) is 8.92. The Kier molecular flexibility index (Phi) is 6.54. The first-order valence-electron chi connectivity index (χ1n) is 9.70. The second-order valence-corrected chi connectivity index (χ2v) is 9.56. The molecule has 1 amide bonds. The van der Waals surface area contributed by atoms with Crippen molar-refractivity contribution in [2.75, 3.05) is 39.1 Å². The Morgan fingerprint density at radius 2 is 1.76 bits per heavy atom. The predicted octanol–water partition coefficient (Wildman–Crippen LogP) is 2.21. The average molecular weight is 417 g/mol. The van der Waals surface area contributed by atoms with Crippen molar-refractivity contribution in [1.82, 2.24) is 14.2 Å². The second-order valence-electron chi connectivity index (χ2n) is 7.62. The van der Waals surface area contributed by atoms with Gasteiger partial charge >= 0.3 is 0 Å². The molecule has 0 radical (unpaired) electrons. The summed E-state index contributed by atoms with van der Waals surface area (Å²) in [5, 5.41) is 0. The molecular weight excluding hydrogens is 388 g/mol. The molecule has 2 heterocycles. The lowest BCUT2D eigenvalue weighted by Crippen LogP contribution is -2.43. The van der Waals surface area contributed by atoms with E-state index in [0.717, 1.165) is 11.3 Å². The molecule has 1 fully saturated rings. The van der Waals surface area contributed by atoms with Crippen molar-refractivity contribution in [3.8, 4) is 0 Å². The number of rotatable bonds is 6. The Balaban J connectivity index is 1.56. The molecule has 1 aromatic heterocycles. The van der Waals surface area contributed by atoms with Crippen LogP contribution in [0.25, 0.3) is 0 Å². The fourth-order valence-electron chi connectivity index (χ4n) is 3.55. The monoisotopic (exact) mass is 416 g/mol. The van der Waals surface area contributed by atoms with Gasteiger partial charge in [0.1, 0.15) is 4.90 Å². The molecule has 0 spiro atoms. The van der Waals surface area contributed by atoms with Gasteiger partial charge < -0.3 is 9.80 Å². The van der Waals surface area contributed by atoms with Gasteiger partial charge in [0, 0.05) is 64.8 Å². The van der Waals surface area contributed by atoms with Crippen LogP contribution in [0.1, 0.15) is 18.4 Å². The van der Waals surface area contributed by atoms with Crippen LogP contribution in [0.4, 0.5) is 5.69 Å². The molecule has 1 aliphatic heterocycles. The van der Waals surface area contributed by atoms with Gasteiger partial charge in [-0.2, -0.15) is 4.31 Å². The van der Waals surface area contributed by atoms with Crippen molar-refractivity contribution in [3.05, 3.63) is 54.4 Å². The van der Waals surface area contributed by atoms with Gasteiger partial charge in [-0.1, -0.05) is 12.1 Å². The molecule has 0 saturated carbocycles. The minimum Gasteiger partial charge on any atom is -0.378 e. The molecule has 0 N–H and O–H groups in total. The number of carbonyl (C=O) groups is 1. The minimum absolute atomic E-state index is 0.0695. The third-order valence-electron chi connectivity index (χ3n) is 5.32. The third-order valence-corrected chi connectivity index (χ3v) is 7.21. The van der Waals surface area contributed by atoms with Crippen LogP contribution in [0.15, 0.2) is 53.7 Å². The molecule has 1 aliphatic rings. The van der Waals surface area contributed by atoms with Crippen molar-refractivity contribution < 1.29 is 13.2 Å². The first kappa shape index (κ1) is 21.3. The fourth-order valence-corrected chi connectivity index (χ4v) is 4.99. The molecule has 2 aromatic rings. The Bertz CT molecular complexity index is 922. The van der Waals surface area contributed by atoms with E-state index in [2.05, 4.69) is 4.98 Å². The van der Waals surface area contributed by atoms with E-state index in [1.165, 1.54) is 10.5 Å². The summed E-state index contributed by atoms with van der Waals surface area (Å²) < 4.78 is 26.9. The third kappa shape index (κ3) is 4.94. The van der Waals surface area contributed by atoms with Crippen LogP contribution in [0.2, 0.25) is 0 Å². The molecule has 0 aliphatic carbocycles. The number of hydrogen-bond donors (Lipinski definition) is 0.